The first-order valence-corrected chi connectivity index (χ1v) is 27.4. The van der Waals surface area contributed by atoms with E-state index < -0.39 is 5.41 Å². The fourth-order valence-electron chi connectivity index (χ4n) is 13.7. The van der Waals surface area contributed by atoms with E-state index in [1.807, 2.05) is 11.8 Å². The topological polar surface area (TPSA) is 6.48 Å². The van der Waals surface area contributed by atoms with Crippen molar-refractivity contribution in [3.05, 3.63) is 292 Å². The average Bonchev–Trinajstić information content (AvgIpc) is 3.94. The van der Waals surface area contributed by atoms with Crippen LogP contribution in [0.5, 0.6) is 0 Å². The average molecular weight is 971 g/mol. The van der Waals surface area contributed by atoms with Gasteiger partial charge in [-0.2, -0.15) is 0 Å². The number of rotatable bonds is 6. The first-order valence-electron chi connectivity index (χ1n) is 26.5. The molecule has 0 saturated carbocycles. The standard InChI is InChI=1S/C71H58N2S/c1-69(2)57-35-17-15-30-51(57)53-32-21-28-49(43-45-59(53)69)72(47-24-9-7-10-25-47)65-40-23-38-62-68(65)74-66-41-20-19-37-61(66)71(62)60-36-18-16-31-54(60)56-33-22-39-64(67(56)71)73(48-26-11-8-12-27-48)50-42-44-55-52-29-13-5-6-14-34-58(52)70(3,4)63(55)46-50/h7-20,22-42,44-46H,5-6,21,43H2,1-4H3/b29-13?,34-14-,49-28+,53-32-,59-45+. The lowest BCUT2D eigenvalue weighted by Gasteiger charge is -2.43. The molecule has 0 aromatic heterocycles. The van der Waals surface area contributed by atoms with Crippen LogP contribution in [0.3, 0.4) is 0 Å². The zero-order valence-electron chi connectivity index (χ0n) is 42.6. The first kappa shape index (κ1) is 44.8. The lowest BCUT2D eigenvalue weighted by atomic mass is 9.66. The molecule has 6 aliphatic rings. The molecule has 1 spiro atoms. The monoisotopic (exact) mass is 970 g/mol. The molecule has 14 rings (SSSR count). The smallest absolute Gasteiger partial charge is 0.0756 e. The van der Waals surface area contributed by atoms with Gasteiger partial charge in [0.25, 0.3) is 0 Å². The molecule has 1 aliphatic heterocycles. The van der Waals surface area contributed by atoms with Crippen LogP contribution in [0.4, 0.5) is 28.4 Å². The van der Waals surface area contributed by atoms with Crippen LogP contribution in [0.25, 0.3) is 22.3 Å². The second-order valence-corrected chi connectivity index (χ2v) is 22.7. The Labute approximate surface area is 441 Å². The molecule has 358 valence electrons. The van der Waals surface area contributed by atoms with Gasteiger partial charge in [-0.05, 0) is 146 Å². The molecule has 0 saturated heterocycles. The highest BCUT2D eigenvalue weighted by molar-refractivity contribution is 7.99. The van der Waals surface area contributed by atoms with Gasteiger partial charge in [0, 0.05) is 55.4 Å². The van der Waals surface area contributed by atoms with E-state index in [1.165, 1.54) is 105 Å². The predicted octanol–water partition coefficient (Wildman–Crippen LogP) is 19.1. The van der Waals surface area contributed by atoms with Gasteiger partial charge in [-0.1, -0.05) is 215 Å². The normalized spacial score (nSPS) is 21.4. The van der Waals surface area contributed by atoms with E-state index in [0.717, 1.165) is 42.7 Å². The quantitative estimate of drug-likeness (QED) is 0.164. The van der Waals surface area contributed by atoms with Gasteiger partial charge in [0.2, 0.25) is 0 Å². The second kappa shape index (κ2) is 17.1. The van der Waals surface area contributed by atoms with Crippen molar-refractivity contribution < 1.29 is 0 Å². The molecule has 8 aromatic rings. The molecule has 2 nitrogen and oxygen atoms in total. The van der Waals surface area contributed by atoms with Gasteiger partial charge in [0.1, 0.15) is 0 Å². The summed E-state index contributed by atoms with van der Waals surface area (Å²) in [5.41, 5.74) is 25.1. The number of allylic oxidation sites excluding steroid dienone is 11. The third kappa shape index (κ3) is 6.52. The van der Waals surface area contributed by atoms with Crippen LogP contribution in [0, 0.1) is 0 Å². The molecule has 3 heteroatoms. The van der Waals surface area contributed by atoms with Crippen molar-refractivity contribution in [3.63, 3.8) is 0 Å². The van der Waals surface area contributed by atoms with E-state index in [-0.39, 0.29) is 10.8 Å². The van der Waals surface area contributed by atoms with Crippen molar-refractivity contribution in [3.8, 4) is 11.1 Å². The van der Waals surface area contributed by atoms with E-state index in [4.69, 9.17) is 0 Å². The molecule has 1 heterocycles. The van der Waals surface area contributed by atoms with Crippen molar-refractivity contribution in [2.24, 2.45) is 0 Å². The number of anilines is 5. The number of fused-ring (bicyclic) bond motifs is 14. The molecule has 74 heavy (non-hydrogen) atoms. The minimum Gasteiger partial charge on any atom is -0.313 e. The Morgan fingerprint density at radius 3 is 1.88 bits per heavy atom. The van der Waals surface area contributed by atoms with E-state index in [9.17, 15) is 0 Å². The zero-order valence-corrected chi connectivity index (χ0v) is 43.4. The van der Waals surface area contributed by atoms with Crippen LogP contribution in [0.15, 0.2) is 257 Å². The fraction of sp³-hybridized carbons (Fsp3) is 0.155. The third-order valence-corrected chi connectivity index (χ3v) is 18.2. The summed E-state index contributed by atoms with van der Waals surface area (Å²) in [6.45, 7) is 9.62. The molecule has 0 radical (unpaired) electrons. The molecule has 0 bridgehead atoms. The minimum atomic E-state index is -0.664. The van der Waals surface area contributed by atoms with Crippen molar-refractivity contribution in [1.82, 2.24) is 0 Å². The number of nitrogens with zero attached hydrogens (tertiary/aromatic N) is 2. The van der Waals surface area contributed by atoms with Crippen LogP contribution in [0.1, 0.15) is 97.9 Å². The third-order valence-electron chi connectivity index (χ3n) is 17.0. The summed E-state index contributed by atoms with van der Waals surface area (Å²) in [5.74, 6) is 0. The Balaban J connectivity index is 1.00. The summed E-state index contributed by atoms with van der Waals surface area (Å²) < 4.78 is 0. The summed E-state index contributed by atoms with van der Waals surface area (Å²) >= 11 is 1.93. The molecular weight excluding hydrogens is 913 g/mol. The van der Waals surface area contributed by atoms with E-state index >= 15 is 0 Å². The molecule has 0 fully saturated rings. The maximum Gasteiger partial charge on any atom is 0.0756 e. The van der Waals surface area contributed by atoms with Crippen LogP contribution in [-0.2, 0) is 16.2 Å². The summed E-state index contributed by atoms with van der Waals surface area (Å²) in [5, 5.41) is 0. The highest BCUT2D eigenvalue weighted by Gasteiger charge is 2.53. The summed E-state index contributed by atoms with van der Waals surface area (Å²) in [7, 11) is 0. The Kier molecular flexibility index (Phi) is 10.4. The van der Waals surface area contributed by atoms with Gasteiger partial charge in [-0.3, -0.25) is 0 Å². The molecule has 1 atom stereocenters. The van der Waals surface area contributed by atoms with Gasteiger partial charge in [0.15, 0.2) is 0 Å². The van der Waals surface area contributed by atoms with Crippen molar-refractivity contribution in [2.45, 2.75) is 79.4 Å². The van der Waals surface area contributed by atoms with Crippen LogP contribution in [0.2, 0.25) is 0 Å². The molecule has 1 unspecified atom stereocenters. The lowest BCUT2D eigenvalue weighted by Crippen LogP contribution is -2.34. The first-order chi connectivity index (χ1) is 36.3. The Hall–Kier alpha value is -7.85. The van der Waals surface area contributed by atoms with Gasteiger partial charge in [-0.15, -0.1) is 0 Å². The highest BCUT2D eigenvalue weighted by atomic mass is 32.2. The maximum absolute atomic E-state index is 2.58. The number of hydrogen-bond donors (Lipinski definition) is 0. The van der Waals surface area contributed by atoms with Gasteiger partial charge >= 0.3 is 0 Å². The van der Waals surface area contributed by atoms with Crippen LogP contribution < -0.4 is 9.80 Å². The van der Waals surface area contributed by atoms with Crippen molar-refractivity contribution >= 4 is 51.3 Å². The Morgan fingerprint density at radius 1 is 0.446 bits per heavy atom. The summed E-state index contributed by atoms with van der Waals surface area (Å²) in [4.78, 5) is 7.70. The number of benzene rings is 8. The lowest BCUT2D eigenvalue weighted by molar-refractivity contribution is 0.653. The Morgan fingerprint density at radius 2 is 1.08 bits per heavy atom. The highest BCUT2D eigenvalue weighted by Crippen LogP contribution is 2.66. The fourth-order valence-corrected chi connectivity index (χ4v) is 15.0. The molecule has 0 amide bonds. The van der Waals surface area contributed by atoms with Crippen LogP contribution >= 0.6 is 11.8 Å². The number of hydrogen-bond acceptors (Lipinski definition) is 3. The minimum absolute atomic E-state index is 0.0885. The summed E-state index contributed by atoms with van der Waals surface area (Å²) in [6, 6.07) is 71.2. The molecular formula is C71H58N2S. The van der Waals surface area contributed by atoms with Gasteiger partial charge in [0.05, 0.1) is 16.8 Å². The Bertz CT molecular complexity index is 3820. The zero-order chi connectivity index (χ0) is 49.8. The van der Waals surface area contributed by atoms with E-state index in [1.54, 1.807) is 0 Å². The van der Waals surface area contributed by atoms with Crippen molar-refractivity contribution in [1.29, 1.82) is 0 Å². The molecule has 0 N–H and O–H groups in total. The SMILES string of the molecule is CC1(C)C2=C(C=CCC/C=C\2)c2ccc(N(c3ccccc3)c3cccc4c3C3(c5ccccc5Sc5c(N(/C6=C/C/C=C7\C(=C/C6)C(C)(C)c6ccccc67)c6ccccc6)cccc53)c3ccccc3-4)cc21. The summed E-state index contributed by atoms with van der Waals surface area (Å²) in [6.07, 6.45) is 20.8. The largest absolute Gasteiger partial charge is 0.313 e. The maximum atomic E-state index is 2.58. The molecule has 5 aliphatic carbocycles. The van der Waals surface area contributed by atoms with Gasteiger partial charge in [-0.25, -0.2) is 0 Å². The van der Waals surface area contributed by atoms with Gasteiger partial charge < -0.3 is 9.80 Å². The van der Waals surface area contributed by atoms with E-state index in [0.29, 0.717) is 0 Å². The van der Waals surface area contributed by atoms with Crippen molar-refractivity contribution in [2.75, 3.05) is 9.80 Å². The molecule has 8 aromatic carbocycles. The number of para-hydroxylation sites is 2. The predicted molar refractivity (Wildman–Crippen MR) is 311 cm³/mol. The second-order valence-electron chi connectivity index (χ2n) is 21.7. The van der Waals surface area contributed by atoms with Crippen LogP contribution in [-0.4, -0.2) is 0 Å². The van der Waals surface area contributed by atoms with E-state index in [2.05, 4.69) is 268 Å².